The van der Waals surface area contributed by atoms with Crippen LogP contribution in [0.5, 0.6) is 0 Å². The standard InChI is InChI=1S/C15H22O2/c16-13-15(8-4-9-15)10-5-11-17-12-14-6-2-1-3-7-14/h1-3,6-7,16H,4-5,8-13H2. The second-order valence-electron chi connectivity index (χ2n) is 5.15. The summed E-state index contributed by atoms with van der Waals surface area (Å²) in [7, 11) is 0. The average molecular weight is 234 g/mol. The van der Waals surface area contributed by atoms with Gasteiger partial charge in [-0.3, -0.25) is 0 Å². The number of ether oxygens (including phenoxy) is 1. The summed E-state index contributed by atoms with van der Waals surface area (Å²) in [5.74, 6) is 0. The lowest BCUT2D eigenvalue weighted by atomic mass is 9.67. The average Bonchev–Trinajstić information content (AvgIpc) is 2.33. The summed E-state index contributed by atoms with van der Waals surface area (Å²) in [6.45, 7) is 1.86. The Balaban J connectivity index is 1.58. The van der Waals surface area contributed by atoms with Crippen LogP contribution >= 0.6 is 0 Å². The van der Waals surface area contributed by atoms with Crippen molar-refractivity contribution in [3.63, 3.8) is 0 Å². The molecule has 17 heavy (non-hydrogen) atoms. The molecule has 0 radical (unpaired) electrons. The molecule has 94 valence electrons. The highest BCUT2D eigenvalue weighted by Crippen LogP contribution is 2.44. The van der Waals surface area contributed by atoms with Crippen molar-refractivity contribution in [2.75, 3.05) is 13.2 Å². The second-order valence-corrected chi connectivity index (χ2v) is 5.15. The third-order valence-electron chi connectivity index (χ3n) is 3.86. The Bertz CT molecular complexity index is 311. The van der Waals surface area contributed by atoms with Crippen LogP contribution in [0.4, 0.5) is 0 Å². The minimum absolute atomic E-state index is 0.246. The van der Waals surface area contributed by atoms with Crippen molar-refractivity contribution in [2.45, 2.75) is 38.7 Å². The molecule has 0 amide bonds. The van der Waals surface area contributed by atoms with Gasteiger partial charge >= 0.3 is 0 Å². The van der Waals surface area contributed by atoms with E-state index in [1.54, 1.807) is 0 Å². The van der Waals surface area contributed by atoms with Crippen molar-refractivity contribution < 1.29 is 9.84 Å². The van der Waals surface area contributed by atoms with Gasteiger partial charge < -0.3 is 9.84 Å². The van der Waals surface area contributed by atoms with Gasteiger partial charge in [0, 0.05) is 13.2 Å². The maximum Gasteiger partial charge on any atom is 0.0716 e. The first kappa shape index (κ1) is 12.6. The smallest absolute Gasteiger partial charge is 0.0716 e. The van der Waals surface area contributed by atoms with E-state index in [-0.39, 0.29) is 5.41 Å². The van der Waals surface area contributed by atoms with E-state index < -0.39 is 0 Å². The van der Waals surface area contributed by atoms with Crippen molar-refractivity contribution in [1.82, 2.24) is 0 Å². The molecule has 1 aliphatic carbocycles. The predicted molar refractivity (Wildman–Crippen MR) is 68.7 cm³/mol. The Morgan fingerprint density at radius 2 is 1.94 bits per heavy atom. The molecular formula is C15H22O2. The predicted octanol–water partition coefficient (Wildman–Crippen LogP) is 3.15. The van der Waals surface area contributed by atoms with Gasteiger partial charge in [-0.2, -0.15) is 0 Å². The number of rotatable bonds is 7. The monoisotopic (exact) mass is 234 g/mol. The van der Waals surface area contributed by atoms with Gasteiger partial charge in [-0.1, -0.05) is 36.8 Å². The quantitative estimate of drug-likeness (QED) is 0.734. The van der Waals surface area contributed by atoms with Crippen LogP contribution in [0, 0.1) is 5.41 Å². The maximum atomic E-state index is 9.33. The van der Waals surface area contributed by atoms with E-state index in [1.807, 2.05) is 18.2 Å². The van der Waals surface area contributed by atoms with Crippen LogP contribution in [-0.4, -0.2) is 18.3 Å². The van der Waals surface area contributed by atoms with Crippen molar-refractivity contribution in [3.05, 3.63) is 35.9 Å². The molecule has 0 aromatic heterocycles. The van der Waals surface area contributed by atoms with Gasteiger partial charge in [-0.15, -0.1) is 0 Å². The largest absolute Gasteiger partial charge is 0.396 e. The summed E-state index contributed by atoms with van der Waals surface area (Å²) >= 11 is 0. The number of aliphatic hydroxyl groups is 1. The molecule has 1 fully saturated rings. The molecule has 0 unspecified atom stereocenters. The fourth-order valence-corrected chi connectivity index (χ4v) is 2.48. The summed E-state index contributed by atoms with van der Waals surface area (Å²) in [5, 5.41) is 9.33. The van der Waals surface area contributed by atoms with E-state index in [2.05, 4.69) is 12.1 Å². The van der Waals surface area contributed by atoms with Gasteiger partial charge in [-0.25, -0.2) is 0 Å². The summed E-state index contributed by atoms with van der Waals surface area (Å²) in [6, 6.07) is 10.3. The molecule has 1 aromatic rings. The molecule has 1 N–H and O–H groups in total. The highest BCUT2D eigenvalue weighted by atomic mass is 16.5. The molecule has 2 rings (SSSR count). The Morgan fingerprint density at radius 3 is 2.53 bits per heavy atom. The fraction of sp³-hybridized carbons (Fsp3) is 0.600. The van der Waals surface area contributed by atoms with Crippen molar-refractivity contribution in [3.8, 4) is 0 Å². The van der Waals surface area contributed by atoms with E-state index >= 15 is 0 Å². The van der Waals surface area contributed by atoms with E-state index in [4.69, 9.17) is 4.74 Å². The molecule has 0 saturated heterocycles. The van der Waals surface area contributed by atoms with Gasteiger partial charge in [0.15, 0.2) is 0 Å². The summed E-state index contributed by atoms with van der Waals surface area (Å²) in [4.78, 5) is 0. The molecule has 1 saturated carbocycles. The molecule has 0 spiro atoms. The maximum absolute atomic E-state index is 9.33. The number of hydrogen-bond donors (Lipinski definition) is 1. The van der Waals surface area contributed by atoms with Crippen LogP contribution in [0.1, 0.15) is 37.7 Å². The fourth-order valence-electron chi connectivity index (χ4n) is 2.48. The molecule has 2 heteroatoms. The van der Waals surface area contributed by atoms with Gasteiger partial charge in [0.25, 0.3) is 0 Å². The normalized spacial score (nSPS) is 17.7. The van der Waals surface area contributed by atoms with E-state index in [1.165, 1.54) is 24.8 Å². The van der Waals surface area contributed by atoms with Crippen molar-refractivity contribution in [1.29, 1.82) is 0 Å². The lowest BCUT2D eigenvalue weighted by molar-refractivity contribution is 0.0221. The Kier molecular flexibility index (Phi) is 4.57. The van der Waals surface area contributed by atoms with Gasteiger partial charge in [0.2, 0.25) is 0 Å². The van der Waals surface area contributed by atoms with Crippen molar-refractivity contribution in [2.24, 2.45) is 5.41 Å². The lowest BCUT2D eigenvalue weighted by Gasteiger charge is -2.40. The summed E-state index contributed by atoms with van der Waals surface area (Å²) < 4.78 is 5.65. The second kappa shape index (κ2) is 6.18. The molecule has 1 aliphatic rings. The number of aliphatic hydroxyl groups excluding tert-OH is 1. The zero-order valence-electron chi connectivity index (χ0n) is 10.4. The molecule has 0 bridgehead atoms. The SMILES string of the molecule is OCC1(CCCOCc2ccccc2)CCC1. The van der Waals surface area contributed by atoms with Crippen LogP contribution in [0.3, 0.4) is 0 Å². The topological polar surface area (TPSA) is 29.5 Å². The van der Waals surface area contributed by atoms with Gasteiger partial charge in [-0.05, 0) is 36.7 Å². The van der Waals surface area contributed by atoms with Crippen LogP contribution in [0.15, 0.2) is 30.3 Å². The Morgan fingerprint density at radius 1 is 1.18 bits per heavy atom. The third kappa shape index (κ3) is 3.55. The highest BCUT2D eigenvalue weighted by molar-refractivity contribution is 5.13. The van der Waals surface area contributed by atoms with E-state index in [9.17, 15) is 5.11 Å². The van der Waals surface area contributed by atoms with Crippen LogP contribution in [0.25, 0.3) is 0 Å². The highest BCUT2D eigenvalue weighted by Gasteiger charge is 2.35. The minimum atomic E-state index is 0.246. The first-order chi connectivity index (χ1) is 8.35. The van der Waals surface area contributed by atoms with Crippen LogP contribution in [0.2, 0.25) is 0 Å². The van der Waals surface area contributed by atoms with Gasteiger partial charge in [0.1, 0.15) is 0 Å². The molecule has 0 atom stereocenters. The minimum Gasteiger partial charge on any atom is -0.396 e. The Labute approximate surface area is 104 Å². The summed E-state index contributed by atoms with van der Waals surface area (Å²) in [5.41, 5.74) is 1.48. The molecule has 0 heterocycles. The first-order valence-corrected chi connectivity index (χ1v) is 6.57. The molecular weight excluding hydrogens is 212 g/mol. The zero-order valence-corrected chi connectivity index (χ0v) is 10.4. The van der Waals surface area contributed by atoms with E-state index in [0.717, 1.165) is 19.4 Å². The number of benzene rings is 1. The zero-order chi connectivity index (χ0) is 12.0. The van der Waals surface area contributed by atoms with Crippen molar-refractivity contribution >= 4 is 0 Å². The molecule has 1 aromatic carbocycles. The number of hydrogen-bond acceptors (Lipinski definition) is 2. The third-order valence-corrected chi connectivity index (χ3v) is 3.86. The summed E-state index contributed by atoms with van der Waals surface area (Å²) in [6.07, 6.45) is 5.85. The molecule has 2 nitrogen and oxygen atoms in total. The Hall–Kier alpha value is -0.860. The van der Waals surface area contributed by atoms with Crippen LogP contribution in [-0.2, 0) is 11.3 Å². The first-order valence-electron chi connectivity index (χ1n) is 6.57. The van der Waals surface area contributed by atoms with Gasteiger partial charge in [0.05, 0.1) is 6.61 Å². The molecule has 0 aliphatic heterocycles. The van der Waals surface area contributed by atoms with Crippen LogP contribution < -0.4 is 0 Å². The lowest BCUT2D eigenvalue weighted by Crippen LogP contribution is -2.33. The van der Waals surface area contributed by atoms with E-state index in [0.29, 0.717) is 13.2 Å².